The van der Waals surface area contributed by atoms with Crippen molar-refractivity contribution in [2.45, 2.75) is 25.8 Å². The molecule has 1 saturated heterocycles. The lowest BCUT2D eigenvalue weighted by atomic mass is 9.96. The Hall–Kier alpha value is -3.35. The van der Waals surface area contributed by atoms with Gasteiger partial charge in [0.25, 0.3) is 0 Å². The fourth-order valence-electron chi connectivity index (χ4n) is 3.86. The zero-order valence-electron chi connectivity index (χ0n) is 17.0. The minimum absolute atomic E-state index is 0.0279. The van der Waals surface area contributed by atoms with Crippen molar-refractivity contribution in [2.24, 2.45) is 5.92 Å². The first-order valence-corrected chi connectivity index (χ1v) is 10.5. The summed E-state index contributed by atoms with van der Waals surface area (Å²) in [5.41, 5.74) is 2.89. The number of fused-ring (bicyclic) bond motifs is 1. The van der Waals surface area contributed by atoms with E-state index in [-0.39, 0.29) is 17.9 Å². The summed E-state index contributed by atoms with van der Waals surface area (Å²) in [5.74, 6) is 0.0634. The highest BCUT2D eigenvalue weighted by molar-refractivity contribution is 5.89. The molecule has 1 aromatic heterocycles. The number of aryl methyl sites for hydroxylation is 1. The molecule has 7 nitrogen and oxygen atoms in total. The summed E-state index contributed by atoms with van der Waals surface area (Å²) in [4.78, 5) is 31.0. The molecule has 0 atom stereocenters. The molecule has 30 heavy (non-hydrogen) atoms. The van der Waals surface area contributed by atoms with Gasteiger partial charge in [-0.2, -0.15) is 0 Å². The number of likely N-dealkylation sites (tertiary alicyclic amines) is 1. The van der Waals surface area contributed by atoms with Crippen LogP contribution in [0.2, 0.25) is 0 Å². The average Bonchev–Trinajstić information content (AvgIpc) is 3.20. The van der Waals surface area contributed by atoms with Crippen LogP contribution >= 0.6 is 0 Å². The Balaban J connectivity index is 1.17. The number of imidazole rings is 1. The van der Waals surface area contributed by atoms with Crippen molar-refractivity contribution in [1.29, 1.82) is 0 Å². The van der Waals surface area contributed by atoms with Crippen LogP contribution in [0, 0.1) is 5.92 Å². The number of anilines is 1. The molecule has 0 aliphatic carbocycles. The van der Waals surface area contributed by atoms with Gasteiger partial charge in [-0.15, -0.1) is 0 Å². The van der Waals surface area contributed by atoms with Gasteiger partial charge >= 0.3 is 6.03 Å². The molecule has 0 saturated carbocycles. The molecule has 0 spiro atoms. The van der Waals surface area contributed by atoms with Crippen LogP contribution < -0.4 is 10.6 Å². The zero-order chi connectivity index (χ0) is 20.8. The topological polar surface area (TPSA) is 79.3 Å². The molecule has 2 heterocycles. The van der Waals surface area contributed by atoms with Crippen LogP contribution in [-0.2, 0) is 11.3 Å². The van der Waals surface area contributed by atoms with E-state index in [4.69, 9.17) is 0 Å². The van der Waals surface area contributed by atoms with E-state index in [1.54, 1.807) is 4.90 Å². The van der Waals surface area contributed by atoms with E-state index in [1.165, 1.54) is 0 Å². The second-order valence-corrected chi connectivity index (χ2v) is 7.63. The maximum atomic E-state index is 12.5. The molecular weight excluding hydrogens is 378 g/mol. The van der Waals surface area contributed by atoms with Gasteiger partial charge in [-0.05, 0) is 43.5 Å². The summed E-state index contributed by atoms with van der Waals surface area (Å²) in [6.07, 6.45) is 4.09. The predicted molar refractivity (Wildman–Crippen MR) is 117 cm³/mol. The van der Waals surface area contributed by atoms with Gasteiger partial charge in [-0.1, -0.05) is 30.3 Å². The number of carbonyl (C=O) groups excluding carboxylic acids is 2. The third-order valence-corrected chi connectivity index (χ3v) is 5.58. The molecule has 0 radical (unpaired) electrons. The molecule has 3 amide bonds. The first-order valence-electron chi connectivity index (χ1n) is 10.5. The van der Waals surface area contributed by atoms with Crippen LogP contribution in [0.3, 0.4) is 0 Å². The largest absolute Gasteiger partial charge is 0.356 e. The summed E-state index contributed by atoms with van der Waals surface area (Å²) in [7, 11) is 0. The second kappa shape index (κ2) is 9.43. The van der Waals surface area contributed by atoms with Gasteiger partial charge in [0.15, 0.2) is 0 Å². The van der Waals surface area contributed by atoms with E-state index < -0.39 is 0 Å². The number of hydrogen-bond donors (Lipinski definition) is 2. The van der Waals surface area contributed by atoms with E-state index in [2.05, 4.69) is 26.3 Å². The summed E-state index contributed by atoms with van der Waals surface area (Å²) >= 11 is 0. The predicted octanol–water partition coefficient (Wildman–Crippen LogP) is 3.49. The molecular formula is C23H27N5O2. The van der Waals surface area contributed by atoms with Crippen LogP contribution in [0.5, 0.6) is 0 Å². The summed E-state index contributed by atoms with van der Waals surface area (Å²) in [6.45, 7) is 2.65. The van der Waals surface area contributed by atoms with Crippen LogP contribution in [0.4, 0.5) is 10.5 Å². The molecule has 2 N–H and O–H groups in total. The third kappa shape index (κ3) is 4.79. The number of para-hydroxylation sites is 3. The number of nitrogens with one attached hydrogen (secondary N) is 2. The maximum Gasteiger partial charge on any atom is 0.321 e. The molecule has 1 fully saturated rings. The molecule has 0 unspecified atom stereocenters. The van der Waals surface area contributed by atoms with Gasteiger partial charge in [-0.3, -0.25) is 4.79 Å². The molecule has 2 aromatic carbocycles. The Bertz CT molecular complexity index is 993. The van der Waals surface area contributed by atoms with Gasteiger partial charge in [-0.25, -0.2) is 9.78 Å². The standard InChI is InChI=1S/C23H27N5O2/c29-22(24-13-6-14-28-17-25-20-9-4-5-10-21(20)28)18-11-15-27(16-12-18)23(30)26-19-7-2-1-3-8-19/h1-5,7-10,17-18H,6,11-16H2,(H,24,29)(H,26,30). The summed E-state index contributed by atoms with van der Waals surface area (Å²) < 4.78 is 2.12. The number of aromatic nitrogens is 2. The summed E-state index contributed by atoms with van der Waals surface area (Å²) in [6, 6.07) is 17.4. The van der Waals surface area contributed by atoms with E-state index in [1.807, 2.05) is 54.9 Å². The average molecular weight is 406 g/mol. The monoisotopic (exact) mass is 405 g/mol. The number of piperidine rings is 1. The second-order valence-electron chi connectivity index (χ2n) is 7.63. The van der Waals surface area contributed by atoms with E-state index in [0.29, 0.717) is 32.5 Å². The van der Waals surface area contributed by atoms with Crippen molar-refractivity contribution in [3.8, 4) is 0 Å². The number of rotatable bonds is 6. The smallest absolute Gasteiger partial charge is 0.321 e. The van der Waals surface area contributed by atoms with Crippen LogP contribution in [0.25, 0.3) is 11.0 Å². The molecule has 7 heteroatoms. The molecule has 1 aliphatic rings. The lowest BCUT2D eigenvalue weighted by molar-refractivity contribution is -0.126. The number of hydrogen-bond acceptors (Lipinski definition) is 3. The van der Waals surface area contributed by atoms with Gasteiger partial charge < -0.3 is 20.1 Å². The van der Waals surface area contributed by atoms with Crippen molar-refractivity contribution in [3.05, 3.63) is 60.9 Å². The first kappa shape index (κ1) is 19.9. The number of benzene rings is 2. The third-order valence-electron chi connectivity index (χ3n) is 5.58. The fraction of sp³-hybridized carbons (Fsp3) is 0.348. The number of amides is 3. The molecule has 3 aromatic rings. The van der Waals surface area contributed by atoms with E-state index in [9.17, 15) is 9.59 Å². The van der Waals surface area contributed by atoms with Crippen LogP contribution in [0.15, 0.2) is 60.9 Å². The van der Waals surface area contributed by atoms with E-state index >= 15 is 0 Å². The summed E-state index contributed by atoms with van der Waals surface area (Å²) in [5, 5.41) is 5.96. The van der Waals surface area contributed by atoms with Crippen molar-refractivity contribution < 1.29 is 9.59 Å². The minimum Gasteiger partial charge on any atom is -0.356 e. The fourth-order valence-corrected chi connectivity index (χ4v) is 3.86. The number of carbonyl (C=O) groups is 2. The van der Waals surface area contributed by atoms with Crippen molar-refractivity contribution in [1.82, 2.24) is 19.8 Å². The lowest BCUT2D eigenvalue weighted by Crippen LogP contribution is -2.44. The number of urea groups is 1. The quantitative estimate of drug-likeness (QED) is 0.616. The molecule has 1 aliphatic heterocycles. The Morgan fingerprint density at radius 3 is 2.53 bits per heavy atom. The Morgan fingerprint density at radius 2 is 1.73 bits per heavy atom. The minimum atomic E-state index is -0.104. The Labute approximate surface area is 176 Å². The first-order chi connectivity index (χ1) is 14.7. The van der Waals surface area contributed by atoms with E-state index in [0.717, 1.165) is 29.7 Å². The highest BCUT2D eigenvalue weighted by Crippen LogP contribution is 2.19. The van der Waals surface area contributed by atoms with Crippen LogP contribution in [-0.4, -0.2) is 46.0 Å². The Morgan fingerprint density at radius 1 is 1.00 bits per heavy atom. The van der Waals surface area contributed by atoms with Gasteiger partial charge in [0, 0.05) is 37.8 Å². The molecule has 4 rings (SSSR count). The van der Waals surface area contributed by atoms with Crippen molar-refractivity contribution in [2.75, 3.05) is 25.0 Å². The lowest BCUT2D eigenvalue weighted by Gasteiger charge is -2.31. The van der Waals surface area contributed by atoms with Gasteiger partial charge in [0.1, 0.15) is 0 Å². The van der Waals surface area contributed by atoms with Crippen molar-refractivity contribution >= 4 is 28.7 Å². The highest BCUT2D eigenvalue weighted by Gasteiger charge is 2.27. The normalized spacial score (nSPS) is 14.6. The maximum absolute atomic E-state index is 12.5. The SMILES string of the molecule is O=C(NCCCn1cnc2ccccc21)C1CCN(C(=O)Nc2ccccc2)CC1. The molecule has 0 bridgehead atoms. The highest BCUT2D eigenvalue weighted by atomic mass is 16.2. The molecule has 156 valence electrons. The van der Waals surface area contributed by atoms with Crippen LogP contribution in [0.1, 0.15) is 19.3 Å². The van der Waals surface area contributed by atoms with Gasteiger partial charge in [0.05, 0.1) is 17.4 Å². The number of nitrogens with zero attached hydrogens (tertiary/aromatic N) is 3. The Kier molecular flexibility index (Phi) is 6.27. The van der Waals surface area contributed by atoms with Crippen molar-refractivity contribution in [3.63, 3.8) is 0 Å². The van der Waals surface area contributed by atoms with Gasteiger partial charge in [0.2, 0.25) is 5.91 Å². The zero-order valence-corrected chi connectivity index (χ0v) is 17.0.